The molecule has 4 nitrogen and oxygen atoms in total. The number of halogens is 1. The van der Waals surface area contributed by atoms with Gasteiger partial charge in [0.1, 0.15) is 6.10 Å². The summed E-state index contributed by atoms with van der Waals surface area (Å²) in [5.41, 5.74) is 0.632. The number of rotatable bonds is 5. The lowest BCUT2D eigenvalue weighted by molar-refractivity contribution is -0.0189. The van der Waals surface area contributed by atoms with Gasteiger partial charge in [-0.1, -0.05) is 18.5 Å². The maximum absolute atomic E-state index is 10.1. The van der Waals surface area contributed by atoms with Crippen molar-refractivity contribution in [2.75, 3.05) is 7.11 Å². The molecule has 15 heavy (non-hydrogen) atoms. The van der Waals surface area contributed by atoms with Crippen LogP contribution in [0.4, 0.5) is 0 Å². The molecule has 1 aromatic rings. The first-order valence-electron chi connectivity index (χ1n) is 5.07. The lowest BCUT2D eigenvalue weighted by Gasteiger charge is -2.21. The number of nitrogens with zero attached hydrogens (tertiary/aromatic N) is 2. The molecule has 0 aromatic carbocycles. The summed E-state index contributed by atoms with van der Waals surface area (Å²) in [4.78, 5) is 0. The summed E-state index contributed by atoms with van der Waals surface area (Å²) < 4.78 is 6.88. The molecule has 0 amide bonds. The highest BCUT2D eigenvalue weighted by molar-refractivity contribution is 6.31. The van der Waals surface area contributed by atoms with Crippen molar-refractivity contribution in [3.8, 4) is 0 Å². The molecule has 0 aliphatic rings. The molecule has 0 radical (unpaired) electrons. The van der Waals surface area contributed by atoms with Crippen LogP contribution >= 0.6 is 11.6 Å². The van der Waals surface area contributed by atoms with Crippen LogP contribution in [0.1, 0.15) is 32.1 Å². The summed E-state index contributed by atoms with van der Waals surface area (Å²) >= 11 is 5.98. The molecule has 86 valence electrons. The Kier molecular flexibility index (Phi) is 4.57. The van der Waals surface area contributed by atoms with Crippen LogP contribution < -0.4 is 0 Å². The van der Waals surface area contributed by atoms with E-state index < -0.39 is 6.10 Å². The maximum atomic E-state index is 10.1. The molecule has 0 aliphatic heterocycles. The van der Waals surface area contributed by atoms with E-state index in [1.807, 2.05) is 13.8 Å². The Morgan fingerprint density at radius 3 is 2.73 bits per heavy atom. The van der Waals surface area contributed by atoms with Gasteiger partial charge < -0.3 is 9.84 Å². The van der Waals surface area contributed by atoms with Crippen LogP contribution in [-0.4, -0.2) is 28.1 Å². The fourth-order valence-electron chi connectivity index (χ4n) is 1.61. The molecular formula is C10H17ClN2O2. The average molecular weight is 233 g/mol. The first-order valence-corrected chi connectivity index (χ1v) is 5.45. The quantitative estimate of drug-likeness (QED) is 0.845. The van der Waals surface area contributed by atoms with E-state index in [4.69, 9.17) is 16.3 Å². The minimum Gasteiger partial charge on any atom is -0.384 e. The van der Waals surface area contributed by atoms with Crippen molar-refractivity contribution in [1.29, 1.82) is 0 Å². The minimum atomic E-state index is -0.727. The largest absolute Gasteiger partial charge is 0.384 e. The van der Waals surface area contributed by atoms with E-state index in [1.165, 1.54) is 0 Å². The van der Waals surface area contributed by atoms with Crippen molar-refractivity contribution >= 4 is 11.6 Å². The van der Waals surface area contributed by atoms with Crippen molar-refractivity contribution in [1.82, 2.24) is 9.78 Å². The number of ether oxygens (including phenoxy) is 1. The number of aromatic nitrogens is 2. The number of aryl methyl sites for hydroxylation is 1. The van der Waals surface area contributed by atoms with Crippen LogP contribution in [0.15, 0.2) is 6.20 Å². The second-order valence-electron chi connectivity index (χ2n) is 3.32. The fourth-order valence-corrected chi connectivity index (χ4v) is 1.87. The van der Waals surface area contributed by atoms with Gasteiger partial charge in [-0.25, -0.2) is 0 Å². The molecule has 1 aromatic heterocycles. The molecule has 5 heteroatoms. The van der Waals surface area contributed by atoms with Gasteiger partial charge in [-0.3, -0.25) is 4.68 Å². The SMILES string of the molecule is CCC(OC)C(O)c1c(Cl)cnn1CC. The first-order chi connectivity index (χ1) is 7.15. The van der Waals surface area contributed by atoms with E-state index in [2.05, 4.69) is 5.10 Å². The molecule has 0 bridgehead atoms. The van der Waals surface area contributed by atoms with Crippen LogP contribution in [0.25, 0.3) is 0 Å². The molecule has 0 spiro atoms. The zero-order chi connectivity index (χ0) is 11.4. The van der Waals surface area contributed by atoms with Gasteiger partial charge in [-0.05, 0) is 13.3 Å². The van der Waals surface area contributed by atoms with Gasteiger partial charge in [0.15, 0.2) is 0 Å². The van der Waals surface area contributed by atoms with Crippen LogP contribution in [0.2, 0.25) is 5.02 Å². The standard InChI is InChI=1S/C10H17ClN2O2/c1-4-8(15-3)10(14)9-7(11)6-12-13(9)5-2/h6,8,10,14H,4-5H2,1-3H3. The van der Waals surface area contributed by atoms with Gasteiger partial charge in [0.2, 0.25) is 0 Å². The molecule has 2 unspecified atom stereocenters. The van der Waals surface area contributed by atoms with E-state index in [1.54, 1.807) is 18.0 Å². The number of aliphatic hydroxyl groups excluding tert-OH is 1. The van der Waals surface area contributed by atoms with Gasteiger partial charge in [0.05, 0.1) is 23.0 Å². The normalized spacial score (nSPS) is 15.3. The molecule has 0 saturated carbocycles. The van der Waals surface area contributed by atoms with Gasteiger partial charge >= 0.3 is 0 Å². The summed E-state index contributed by atoms with van der Waals surface area (Å²) in [5, 5.41) is 14.7. The Labute approximate surface area is 94.8 Å². The Hall–Kier alpha value is -0.580. The lowest BCUT2D eigenvalue weighted by Crippen LogP contribution is -2.23. The van der Waals surface area contributed by atoms with Crippen molar-refractivity contribution in [2.24, 2.45) is 0 Å². The number of methoxy groups -OCH3 is 1. The lowest BCUT2D eigenvalue weighted by atomic mass is 10.1. The second-order valence-corrected chi connectivity index (χ2v) is 3.73. The van der Waals surface area contributed by atoms with Gasteiger partial charge in [-0.2, -0.15) is 5.10 Å². The molecular weight excluding hydrogens is 216 g/mol. The number of aliphatic hydroxyl groups is 1. The molecule has 0 aliphatic carbocycles. The molecule has 1 rings (SSSR count). The van der Waals surface area contributed by atoms with Crippen molar-refractivity contribution < 1.29 is 9.84 Å². The van der Waals surface area contributed by atoms with E-state index in [9.17, 15) is 5.11 Å². The van der Waals surface area contributed by atoms with E-state index in [0.717, 1.165) is 6.42 Å². The highest BCUT2D eigenvalue weighted by Gasteiger charge is 2.24. The van der Waals surface area contributed by atoms with Crippen LogP contribution in [-0.2, 0) is 11.3 Å². The monoisotopic (exact) mass is 232 g/mol. The highest BCUT2D eigenvalue weighted by atomic mass is 35.5. The van der Waals surface area contributed by atoms with Gasteiger partial charge in [0, 0.05) is 13.7 Å². The topological polar surface area (TPSA) is 47.3 Å². The third-order valence-corrected chi connectivity index (χ3v) is 2.76. The fraction of sp³-hybridized carbons (Fsp3) is 0.700. The third kappa shape index (κ3) is 2.51. The maximum Gasteiger partial charge on any atom is 0.123 e. The Morgan fingerprint density at radius 1 is 1.60 bits per heavy atom. The van der Waals surface area contributed by atoms with Gasteiger partial charge in [0.25, 0.3) is 0 Å². The smallest absolute Gasteiger partial charge is 0.123 e. The zero-order valence-electron chi connectivity index (χ0n) is 9.27. The Balaban J connectivity index is 2.97. The minimum absolute atomic E-state index is 0.246. The van der Waals surface area contributed by atoms with E-state index in [-0.39, 0.29) is 6.10 Å². The number of hydrogen-bond acceptors (Lipinski definition) is 3. The van der Waals surface area contributed by atoms with Gasteiger partial charge in [-0.15, -0.1) is 0 Å². The highest BCUT2D eigenvalue weighted by Crippen LogP contribution is 2.27. The molecule has 1 heterocycles. The van der Waals surface area contributed by atoms with Crippen LogP contribution in [0.5, 0.6) is 0 Å². The summed E-state index contributed by atoms with van der Waals surface area (Å²) in [5.74, 6) is 0. The summed E-state index contributed by atoms with van der Waals surface area (Å²) in [6.07, 6.45) is 1.30. The summed E-state index contributed by atoms with van der Waals surface area (Å²) in [7, 11) is 1.58. The molecule has 2 atom stereocenters. The predicted octanol–water partition coefficient (Wildman–Crippen LogP) is 2.01. The molecule has 0 fully saturated rings. The molecule has 0 saturated heterocycles. The third-order valence-electron chi connectivity index (χ3n) is 2.47. The Bertz CT molecular complexity index is 310. The molecule has 1 N–H and O–H groups in total. The zero-order valence-corrected chi connectivity index (χ0v) is 10.0. The van der Waals surface area contributed by atoms with Crippen molar-refractivity contribution in [2.45, 2.75) is 39.0 Å². The number of hydrogen-bond donors (Lipinski definition) is 1. The predicted molar refractivity (Wildman–Crippen MR) is 59.0 cm³/mol. The summed E-state index contributed by atoms with van der Waals surface area (Å²) in [6.45, 7) is 4.59. The van der Waals surface area contributed by atoms with Crippen LogP contribution in [0.3, 0.4) is 0 Å². The first kappa shape index (κ1) is 12.5. The van der Waals surface area contributed by atoms with E-state index in [0.29, 0.717) is 17.3 Å². The average Bonchev–Trinajstić information content (AvgIpc) is 2.61. The second kappa shape index (κ2) is 5.49. The van der Waals surface area contributed by atoms with Crippen molar-refractivity contribution in [3.05, 3.63) is 16.9 Å². The Morgan fingerprint density at radius 2 is 2.27 bits per heavy atom. The van der Waals surface area contributed by atoms with Crippen molar-refractivity contribution in [3.63, 3.8) is 0 Å². The van der Waals surface area contributed by atoms with Crippen LogP contribution in [0, 0.1) is 0 Å². The summed E-state index contributed by atoms with van der Waals surface area (Å²) in [6, 6.07) is 0. The van der Waals surface area contributed by atoms with E-state index >= 15 is 0 Å².